The minimum atomic E-state index is -0.933. The number of benzene rings is 2. The highest BCUT2D eigenvalue weighted by Gasteiger charge is 2.00. The molecule has 0 radical (unpaired) electrons. The molecule has 0 aliphatic heterocycles. The first-order chi connectivity index (χ1) is 11.0. The van der Waals surface area contributed by atoms with E-state index in [1.807, 2.05) is 37.3 Å². The predicted molar refractivity (Wildman–Crippen MR) is 94.7 cm³/mol. The molecule has 0 amide bonds. The summed E-state index contributed by atoms with van der Waals surface area (Å²) >= 11 is 0. The number of hydrogen-bond donors (Lipinski definition) is 1. The van der Waals surface area contributed by atoms with Gasteiger partial charge in [-0.05, 0) is 59.5 Å². The van der Waals surface area contributed by atoms with Gasteiger partial charge in [-0.1, -0.05) is 36.4 Å². The average Bonchev–Trinajstić information content (AvgIpc) is 2.53. The van der Waals surface area contributed by atoms with Gasteiger partial charge in [-0.2, -0.15) is 0 Å². The predicted octanol–water partition coefficient (Wildman–Crippen LogP) is 4.84. The molecule has 0 atom stereocenters. The van der Waals surface area contributed by atoms with Gasteiger partial charge in [0.25, 0.3) is 0 Å². The van der Waals surface area contributed by atoms with Crippen molar-refractivity contribution in [1.29, 1.82) is 0 Å². The molecule has 0 heterocycles. The molecular weight excluding hydrogens is 288 g/mol. The second kappa shape index (κ2) is 7.45. The molecule has 0 aliphatic rings. The molecule has 2 rings (SSSR count). The van der Waals surface area contributed by atoms with Crippen molar-refractivity contribution in [2.75, 3.05) is 7.11 Å². The highest BCUT2D eigenvalue weighted by Crippen LogP contribution is 2.24. The Labute approximate surface area is 136 Å². The molecule has 2 aromatic rings. The maximum absolute atomic E-state index is 10.6. The van der Waals surface area contributed by atoms with Crippen LogP contribution < -0.4 is 4.74 Å². The van der Waals surface area contributed by atoms with Crippen LogP contribution in [0.5, 0.6) is 5.75 Å². The van der Waals surface area contributed by atoms with Gasteiger partial charge in [0.15, 0.2) is 0 Å². The lowest BCUT2D eigenvalue weighted by molar-refractivity contribution is -0.131. The standard InChI is InChI=1S/C20H20O3/c1-14(11-20(21)22)5-4-6-15(2)16-7-8-18-13-19(23-3)10-9-17(18)12-16/h4-13H,1-3H3,(H,21,22)/b5-4+,14-11+,15-6+. The zero-order chi connectivity index (χ0) is 16.8. The molecule has 3 nitrogen and oxygen atoms in total. The number of aliphatic carboxylic acids is 1. The Morgan fingerprint density at radius 3 is 2.48 bits per heavy atom. The molecule has 0 aromatic heterocycles. The van der Waals surface area contributed by atoms with Gasteiger partial charge < -0.3 is 9.84 Å². The number of rotatable bonds is 5. The summed E-state index contributed by atoms with van der Waals surface area (Å²) in [7, 11) is 1.66. The van der Waals surface area contributed by atoms with E-state index in [0.29, 0.717) is 5.57 Å². The van der Waals surface area contributed by atoms with Crippen molar-refractivity contribution < 1.29 is 14.6 Å². The summed E-state index contributed by atoms with van der Waals surface area (Å²) in [6.45, 7) is 3.79. The SMILES string of the molecule is COc1ccc2cc(/C(C)=C/C=C/C(C)=C/C(=O)O)ccc2c1. The Hall–Kier alpha value is -2.81. The minimum Gasteiger partial charge on any atom is -0.497 e. The van der Waals surface area contributed by atoms with Crippen molar-refractivity contribution in [2.45, 2.75) is 13.8 Å². The molecule has 0 unspecified atom stereocenters. The van der Waals surface area contributed by atoms with Gasteiger partial charge in [-0.3, -0.25) is 0 Å². The summed E-state index contributed by atoms with van der Waals surface area (Å²) in [5.74, 6) is -0.0843. The normalized spacial score (nSPS) is 12.8. The van der Waals surface area contributed by atoms with Gasteiger partial charge in [-0.15, -0.1) is 0 Å². The third kappa shape index (κ3) is 4.58. The summed E-state index contributed by atoms with van der Waals surface area (Å²) in [4.78, 5) is 10.6. The number of ether oxygens (including phenoxy) is 1. The number of carboxylic acids is 1. The zero-order valence-corrected chi connectivity index (χ0v) is 13.5. The van der Waals surface area contributed by atoms with Crippen molar-refractivity contribution in [2.24, 2.45) is 0 Å². The number of fused-ring (bicyclic) bond motifs is 1. The van der Waals surface area contributed by atoms with Crippen LogP contribution in [0.3, 0.4) is 0 Å². The Balaban J connectivity index is 2.23. The third-order valence-corrected chi connectivity index (χ3v) is 3.56. The molecule has 118 valence electrons. The van der Waals surface area contributed by atoms with Crippen LogP contribution in [0, 0.1) is 0 Å². The van der Waals surface area contributed by atoms with Gasteiger partial charge in [0, 0.05) is 6.08 Å². The van der Waals surface area contributed by atoms with Gasteiger partial charge in [0.1, 0.15) is 5.75 Å². The zero-order valence-electron chi connectivity index (χ0n) is 13.5. The van der Waals surface area contributed by atoms with Crippen LogP contribution in [0.25, 0.3) is 16.3 Å². The first-order valence-corrected chi connectivity index (χ1v) is 7.34. The lowest BCUT2D eigenvalue weighted by Crippen LogP contribution is -1.87. The van der Waals surface area contributed by atoms with Crippen molar-refractivity contribution in [3.8, 4) is 5.75 Å². The van der Waals surface area contributed by atoms with Crippen molar-refractivity contribution in [3.05, 3.63) is 71.8 Å². The molecular formula is C20H20O3. The maximum atomic E-state index is 10.6. The topological polar surface area (TPSA) is 46.5 Å². The first-order valence-electron chi connectivity index (χ1n) is 7.34. The summed E-state index contributed by atoms with van der Waals surface area (Å²) < 4.78 is 5.24. The van der Waals surface area contributed by atoms with E-state index >= 15 is 0 Å². The molecule has 1 N–H and O–H groups in total. The molecule has 2 aromatic carbocycles. The third-order valence-electron chi connectivity index (χ3n) is 3.56. The minimum absolute atomic E-state index is 0.701. The lowest BCUT2D eigenvalue weighted by atomic mass is 10.0. The largest absolute Gasteiger partial charge is 0.497 e. The maximum Gasteiger partial charge on any atom is 0.328 e. The monoisotopic (exact) mass is 308 g/mol. The molecule has 0 saturated heterocycles. The van der Waals surface area contributed by atoms with Crippen LogP contribution in [0.15, 0.2) is 66.3 Å². The van der Waals surface area contributed by atoms with E-state index in [9.17, 15) is 4.79 Å². The van der Waals surface area contributed by atoms with E-state index in [1.165, 1.54) is 6.08 Å². The van der Waals surface area contributed by atoms with Gasteiger partial charge in [0.05, 0.1) is 7.11 Å². The molecule has 0 bridgehead atoms. The van der Waals surface area contributed by atoms with Gasteiger partial charge in [0.2, 0.25) is 0 Å². The van der Waals surface area contributed by atoms with Crippen LogP contribution >= 0.6 is 0 Å². The molecule has 0 fully saturated rings. The quantitative estimate of drug-likeness (QED) is 0.635. The van der Waals surface area contributed by atoms with E-state index in [2.05, 4.69) is 18.2 Å². The first kappa shape index (κ1) is 16.6. The fourth-order valence-corrected chi connectivity index (χ4v) is 2.28. The second-order valence-electron chi connectivity index (χ2n) is 5.36. The Morgan fingerprint density at radius 1 is 1.09 bits per heavy atom. The smallest absolute Gasteiger partial charge is 0.328 e. The number of carbonyl (C=O) groups is 1. The lowest BCUT2D eigenvalue weighted by Gasteiger charge is -2.06. The molecule has 0 saturated carbocycles. The van der Waals surface area contributed by atoms with Crippen molar-refractivity contribution in [1.82, 2.24) is 0 Å². The van der Waals surface area contributed by atoms with E-state index in [1.54, 1.807) is 20.1 Å². The van der Waals surface area contributed by atoms with Crippen LogP contribution in [-0.4, -0.2) is 18.2 Å². The summed E-state index contributed by atoms with van der Waals surface area (Å²) in [5, 5.41) is 11.0. The fourth-order valence-electron chi connectivity index (χ4n) is 2.28. The van der Waals surface area contributed by atoms with Crippen LogP contribution in [-0.2, 0) is 4.79 Å². The molecule has 23 heavy (non-hydrogen) atoms. The summed E-state index contributed by atoms with van der Waals surface area (Å²) in [6, 6.07) is 12.3. The second-order valence-corrected chi connectivity index (χ2v) is 5.36. The Bertz CT molecular complexity index is 811. The number of carboxylic acid groups (broad SMARTS) is 1. The Kier molecular flexibility index (Phi) is 5.36. The van der Waals surface area contributed by atoms with Crippen LogP contribution in [0.4, 0.5) is 0 Å². The van der Waals surface area contributed by atoms with Crippen molar-refractivity contribution >= 4 is 22.3 Å². The van der Waals surface area contributed by atoms with Gasteiger partial charge >= 0.3 is 5.97 Å². The van der Waals surface area contributed by atoms with E-state index < -0.39 is 5.97 Å². The summed E-state index contributed by atoms with van der Waals surface area (Å²) in [6.07, 6.45) is 6.80. The van der Waals surface area contributed by atoms with Crippen LogP contribution in [0.1, 0.15) is 19.4 Å². The highest BCUT2D eigenvalue weighted by molar-refractivity contribution is 5.87. The fraction of sp³-hybridized carbons (Fsp3) is 0.150. The molecule has 3 heteroatoms. The van der Waals surface area contributed by atoms with Crippen molar-refractivity contribution in [3.63, 3.8) is 0 Å². The Morgan fingerprint density at radius 2 is 1.78 bits per heavy atom. The number of allylic oxidation sites excluding steroid dienone is 5. The van der Waals surface area contributed by atoms with Crippen LogP contribution in [0.2, 0.25) is 0 Å². The number of methoxy groups -OCH3 is 1. The summed E-state index contributed by atoms with van der Waals surface area (Å²) in [5.41, 5.74) is 2.95. The van der Waals surface area contributed by atoms with Gasteiger partial charge in [-0.25, -0.2) is 4.79 Å². The van der Waals surface area contributed by atoms with E-state index in [-0.39, 0.29) is 0 Å². The van der Waals surface area contributed by atoms with E-state index in [4.69, 9.17) is 9.84 Å². The van der Waals surface area contributed by atoms with E-state index in [0.717, 1.165) is 27.7 Å². The highest BCUT2D eigenvalue weighted by atomic mass is 16.5. The number of hydrogen-bond acceptors (Lipinski definition) is 2. The molecule has 0 spiro atoms. The molecule has 0 aliphatic carbocycles. The average molecular weight is 308 g/mol.